The Labute approximate surface area is 106 Å². The molecule has 0 aromatic rings. The van der Waals surface area contributed by atoms with Gasteiger partial charge in [0.15, 0.2) is 0 Å². The first kappa shape index (κ1) is 18.0. The first-order valence-corrected chi connectivity index (χ1v) is 4.78. The number of nitrogens with one attached hydrogen (secondary N) is 1. The molecule has 1 aliphatic rings. The number of amides is 3. The van der Waals surface area contributed by atoms with Gasteiger partial charge in [-0.3, -0.25) is 14.4 Å². The van der Waals surface area contributed by atoms with E-state index in [1.54, 1.807) is 13.8 Å². The van der Waals surface area contributed by atoms with Crippen LogP contribution in [-0.4, -0.2) is 41.4 Å². The highest BCUT2D eigenvalue weighted by Crippen LogP contribution is 2.15. The molecule has 100 valence electrons. The van der Waals surface area contributed by atoms with Crippen LogP contribution >= 0.6 is 12.4 Å². The van der Waals surface area contributed by atoms with Gasteiger partial charge in [0.2, 0.25) is 17.7 Å². The van der Waals surface area contributed by atoms with E-state index >= 15 is 0 Å². The summed E-state index contributed by atoms with van der Waals surface area (Å²) in [6.07, 6.45) is 0. The average Bonchev–Trinajstić information content (AvgIpc) is 2.37. The molecular weight excluding hydrogens is 248 g/mol. The number of nitrogens with two attached hydrogens (primary N) is 2. The van der Waals surface area contributed by atoms with Crippen molar-refractivity contribution in [3.05, 3.63) is 0 Å². The smallest absolute Gasteiger partial charge is 0.241 e. The zero-order valence-electron chi connectivity index (χ0n) is 10.1. The molecule has 8 heteroatoms. The van der Waals surface area contributed by atoms with Crippen molar-refractivity contribution < 1.29 is 14.4 Å². The van der Waals surface area contributed by atoms with E-state index in [0.29, 0.717) is 0 Å². The number of carbonyl (C=O) groups is 3. The molecule has 1 aliphatic heterocycles. The molecule has 0 atom stereocenters. The van der Waals surface area contributed by atoms with E-state index in [2.05, 4.69) is 11.1 Å². The van der Waals surface area contributed by atoms with E-state index in [9.17, 15) is 14.4 Å². The molecule has 1 fully saturated rings. The largest absolute Gasteiger partial charge is 0.370 e. The minimum atomic E-state index is -0.590. The number of rotatable bonds is 1. The Hall–Kier alpha value is -1.34. The van der Waals surface area contributed by atoms with Crippen LogP contribution in [0.5, 0.6) is 0 Å². The summed E-state index contributed by atoms with van der Waals surface area (Å²) in [6, 6.07) is 0. The van der Waals surface area contributed by atoms with Crippen LogP contribution in [0, 0.1) is 0 Å². The molecule has 0 radical (unpaired) electrons. The van der Waals surface area contributed by atoms with E-state index in [1.807, 2.05) is 0 Å². The van der Waals surface area contributed by atoms with Gasteiger partial charge in [-0.15, -0.1) is 12.4 Å². The Morgan fingerprint density at radius 1 is 1.47 bits per heavy atom. The van der Waals surface area contributed by atoms with Crippen LogP contribution in [0.4, 0.5) is 0 Å². The Bertz CT molecular complexity index is 303. The third kappa shape index (κ3) is 6.08. The highest BCUT2D eigenvalue weighted by Gasteiger charge is 2.38. The fourth-order valence-electron chi connectivity index (χ4n) is 1.30. The molecular formula is C9H19ClN4O3. The Morgan fingerprint density at radius 2 is 1.88 bits per heavy atom. The zero-order chi connectivity index (χ0) is 12.9. The topological polar surface area (TPSA) is 119 Å². The maximum atomic E-state index is 11.2. The lowest BCUT2D eigenvalue weighted by atomic mass is 10.2. The first-order valence-electron chi connectivity index (χ1n) is 4.78. The predicted octanol–water partition coefficient (Wildman–Crippen LogP) is -1.45. The van der Waals surface area contributed by atoms with Crippen molar-refractivity contribution in [1.82, 2.24) is 10.2 Å². The maximum absolute atomic E-state index is 11.2. The van der Waals surface area contributed by atoms with E-state index < -0.39 is 5.66 Å². The molecule has 0 unspecified atom stereocenters. The highest BCUT2D eigenvalue weighted by molar-refractivity contribution is 5.89. The van der Waals surface area contributed by atoms with Gasteiger partial charge < -0.3 is 21.7 Å². The maximum Gasteiger partial charge on any atom is 0.241 e. The van der Waals surface area contributed by atoms with E-state index in [4.69, 9.17) is 5.73 Å². The molecule has 7 nitrogen and oxygen atoms in total. The molecule has 1 heterocycles. The van der Waals surface area contributed by atoms with E-state index in [1.165, 1.54) is 11.8 Å². The normalized spacial score (nSPS) is 16.2. The van der Waals surface area contributed by atoms with Crippen LogP contribution in [0.25, 0.3) is 0 Å². The second-order valence-corrected chi connectivity index (χ2v) is 3.90. The molecule has 3 amide bonds. The van der Waals surface area contributed by atoms with Gasteiger partial charge in [-0.2, -0.15) is 0 Å². The number of carbonyl (C=O) groups excluding carboxylic acids is 3. The Kier molecular flexibility index (Phi) is 7.51. The Morgan fingerprint density at radius 3 is 2.12 bits per heavy atom. The van der Waals surface area contributed by atoms with Crippen molar-refractivity contribution in [2.75, 3.05) is 13.1 Å². The lowest BCUT2D eigenvalue weighted by Crippen LogP contribution is -2.50. The van der Waals surface area contributed by atoms with E-state index in [-0.39, 0.29) is 43.2 Å². The summed E-state index contributed by atoms with van der Waals surface area (Å²) in [4.78, 5) is 32.8. The van der Waals surface area contributed by atoms with Crippen LogP contribution in [0.15, 0.2) is 0 Å². The van der Waals surface area contributed by atoms with Crippen molar-refractivity contribution in [1.29, 1.82) is 0 Å². The summed E-state index contributed by atoms with van der Waals surface area (Å²) in [5.74, 6) is -0.680. The SMILES string of the molecule is CC(N)=O.CC1(C)NC(=O)CN1C(=O)CN.Cl. The monoisotopic (exact) mass is 266 g/mol. The molecule has 5 N–H and O–H groups in total. The fourth-order valence-corrected chi connectivity index (χ4v) is 1.30. The molecule has 0 aliphatic carbocycles. The summed E-state index contributed by atoms with van der Waals surface area (Å²) in [7, 11) is 0. The molecule has 1 rings (SSSR count). The summed E-state index contributed by atoms with van der Waals surface area (Å²) in [5, 5.41) is 2.67. The van der Waals surface area contributed by atoms with Gasteiger partial charge in [-0.25, -0.2) is 0 Å². The Balaban J connectivity index is 0. The summed E-state index contributed by atoms with van der Waals surface area (Å²) >= 11 is 0. The molecule has 0 aromatic carbocycles. The van der Waals surface area contributed by atoms with Gasteiger partial charge in [-0.05, 0) is 13.8 Å². The summed E-state index contributed by atoms with van der Waals surface area (Å²) in [6.45, 7) is 4.90. The van der Waals surface area contributed by atoms with Crippen molar-refractivity contribution in [3.8, 4) is 0 Å². The van der Waals surface area contributed by atoms with Crippen molar-refractivity contribution in [2.45, 2.75) is 26.4 Å². The van der Waals surface area contributed by atoms with Gasteiger partial charge >= 0.3 is 0 Å². The van der Waals surface area contributed by atoms with Crippen LogP contribution < -0.4 is 16.8 Å². The molecule has 0 saturated carbocycles. The van der Waals surface area contributed by atoms with Gasteiger partial charge in [0, 0.05) is 6.92 Å². The number of hydrogen-bond acceptors (Lipinski definition) is 4. The first-order chi connectivity index (χ1) is 7.20. The molecule has 1 saturated heterocycles. The third-order valence-corrected chi connectivity index (χ3v) is 1.90. The van der Waals surface area contributed by atoms with Crippen LogP contribution in [0.2, 0.25) is 0 Å². The number of primary amides is 1. The molecule has 17 heavy (non-hydrogen) atoms. The molecule has 0 aromatic heterocycles. The zero-order valence-corrected chi connectivity index (χ0v) is 11.0. The van der Waals surface area contributed by atoms with Crippen molar-refractivity contribution >= 4 is 30.1 Å². The standard InChI is InChI=1S/C7H13N3O2.C2H5NO.ClH/c1-7(2)9-5(11)4-10(7)6(12)3-8;1-2(3)4;/h3-4,8H2,1-2H3,(H,9,11);1H3,(H2,3,4);1H. The van der Waals surface area contributed by atoms with Gasteiger partial charge in [0.05, 0.1) is 6.54 Å². The number of nitrogens with zero attached hydrogens (tertiary/aromatic N) is 1. The fraction of sp³-hybridized carbons (Fsp3) is 0.667. The lowest BCUT2D eigenvalue weighted by molar-refractivity contribution is -0.133. The van der Waals surface area contributed by atoms with Crippen LogP contribution in [-0.2, 0) is 14.4 Å². The summed E-state index contributed by atoms with van der Waals surface area (Å²) < 4.78 is 0. The predicted molar refractivity (Wildman–Crippen MR) is 65.1 cm³/mol. The molecule has 0 spiro atoms. The second kappa shape index (κ2) is 7.08. The quantitative estimate of drug-likeness (QED) is 0.538. The number of hydrogen-bond donors (Lipinski definition) is 3. The van der Waals surface area contributed by atoms with Crippen LogP contribution in [0.1, 0.15) is 20.8 Å². The lowest BCUT2D eigenvalue weighted by Gasteiger charge is -2.29. The highest BCUT2D eigenvalue weighted by atomic mass is 35.5. The molecule has 0 bridgehead atoms. The minimum absolute atomic E-state index is 0. The second-order valence-electron chi connectivity index (χ2n) is 3.90. The van der Waals surface area contributed by atoms with Crippen LogP contribution in [0.3, 0.4) is 0 Å². The number of halogens is 1. The summed E-state index contributed by atoms with van der Waals surface area (Å²) in [5.41, 5.74) is 9.07. The van der Waals surface area contributed by atoms with Gasteiger partial charge in [-0.1, -0.05) is 0 Å². The van der Waals surface area contributed by atoms with Gasteiger partial charge in [0.25, 0.3) is 0 Å². The van der Waals surface area contributed by atoms with Crippen molar-refractivity contribution in [2.24, 2.45) is 11.5 Å². The van der Waals surface area contributed by atoms with Crippen molar-refractivity contribution in [3.63, 3.8) is 0 Å². The average molecular weight is 267 g/mol. The van der Waals surface area contributed by atoms with Gasteiger partial charge in [0.1, 0.15) is 12.2 Å². The minimum Gasteiger partial charge on any atom is -0.370 e. The van der Waals surface area contributed by atoms with E-state index in [0.717, 1.165) is 0 Å². The third-order valence-electron chi connectivity index (χ3n) is 1.90.